The van der Waals surface area contributed by atoms with Gasteiger partial charge >= 0.3 is 0 Å². The van der Waals surface area contributed by atoms with Crippen LogP contribution in [0.1, 0.15) is 5.56 Å². The molecule has 0 atom stereocenters. The van der Waals surface area contributed by atoms with Crippen LogP contribution in [0.4, 0.5) is 0 Å². The molecule has 0 aliphatic rings. The molecular weight excluding hydrogens is 200 g/mol. The van der Waals surface area contributed by atoms with Crippen molar-refractivity contribution in [2.75, 3.05) is 13.2 Å². The number of hydrogen-bond acceptors (Lipinski definition) is 5. The van der Waals surface area contributed by atoms with E-state index in [4.69, 9.17) is 10.5 Å². The van der Waals surface area contributed by atoms with E-state index in [0.29, 0.717) is 12.3 Å². The fourth-order valence-corrected chi connectivity index (χ4v) is 1.08. The maximum atomic E-state index is 9.84. The van der Waals surface area contributed by atoms with E-state index in [1.165, 1.54) is 0 Å². The maximum absolute atomic E-state index is 9.84. The van der Waals surface area contributed by atoms with Gasteiger partial charge in [-0.25, -0.2) is 0 Å². The Hall–Kier alpha value is -1.82. The lowest BCUT2D eigenvalue weighted by molar-refractivity contribution is -0.757. The van der Waals surface area contributed by atoms with Gasteiger partial charge in [0.05, 0.1) is 0 Å². The highest BCUT2D eigenvalue weighted by molar-refractivity contribution is 5.32. The van der Waals surface area contributed by atoms with Crippen LogP contribution in [-0.2, 0) is 11.4 Å². The van der Waals surface area contributed by atoms with Gasteiger partial charge in [0.1, 0.15) is 19.0 Å². The molecule has 6 heteroatoms. The molecule has 0 saturated carbocycles. The Labute approximate surface area is 86.7 Å². The van der Waals surface area contributed by atoms with E-state index in [2.05, 4.69) is 4.84 Å². The highest BCUT2D eigenvalue weighted by Crippen LogP contribution is 2.16. The van der Waals surface area contributed by atoms with Gasteiger partial charge in [-0.05, 0) is 6.07 Å². The third-order valence-electron chi connectivity index (χ3n) is 1.73. The fraction of sp³-hybridized carbons (Fsp3) is 0.333. The SMILES string of the molecule is NCc1ccccc1OCCO[N+](=O)[O-]. The molecule has 0 spiro atoms. The highest BCUT2D eigenvalue weighted by Gasteiger charge is 2.01. The van der Waals surface area contributed by atoms with E-state index in [1.54, 1.807) is 6.07 Å². The number of nitrogens with zero attached hydrogens (tertiary/aromatic N) is 1. The predicted molar refractivity (Wildman–Crippen MR) is 52.8 cm³/mol. The van der Waals surface area contributed by atoms with Gasteiger partial charge in [-0.1, -0.05) is 18.2 Å². The number of ether oxygens (including phenoxy) is 1. The van der Waals surface area contributed by atoms with Crippen LogP contribution in [0.5, 0.6) is 5.75 Å². The smallest absolute Gasteiger partial charge is 0.294 e. The minimum atomic E-state index is -0.849. The number of rotatable bonds is 6. The van der Waals surface area contributed by atoms with Gasteiger partial charge < -0.3 is 15.3 Å². The van der Waals surface area contributed by atoms with Gasteiger partial charge in [0.25, 0.3) is 5.09 Å². The molecule has 0 saturated heterocycles. The molecule has 0 unspecified atom stereocenters. The third-order valence-corrected chi connectivity index (χ3v) is 1.73. The standard InChI is InChI=1S/C9H12N2O4/c10-7-8-3-1-2-4-9(8)14-5-6-15-11(12)13/h1-4H,5-7,10H2. The molecule has 82 valence electrons. The lowest BCUT2D eigenvalue weighted by atomic mass is 10.2. The fourth-order valence-electron chi connectivity index (χ4n) is 1.08. The molecule has 1 aromatic rings. The average Bonchev–Trinajstić information content (AvgIpc) is 2.24. The van der Waals surface area contributed by atoms with Crippen molar-refractivity contribution in [1.82, 2.24) is 0 Å². The summed E-state index contributed by atoms with van der Waals surface area (Å²) < 4.78 is 5.27. The Morgan fingerprint density at radius 2 is 2.07 bits per heavy atom. The van der Waals surface area contributed by atoms with Crippen LogP contribution < -0.4 is 10.5 Å². The van der Waals surface area contributed by atoms with Gasteiger partial charge in [0, 0.05) is 12.1 Å². The number of para-hydroxylation sites is 1. The summed E-state index contributed by atoms with van der Waals surface area (Å²) in [4.78, 5) is 13.9. The van der Waals surface area contributed by atoms with Crippen LogP contribution in [0.25, 0.3) is 0 Å². The summed E-state index contributed by atoms with van der Waals surface area (Å²) in [5, 5.41) is 8.99. The minimum Gasteiger partial charge on any atom is -0.491 e. The van der Waals surface area contributed by atoms with Gasteiger partial charge in [-0.15, -0.1) is 10.1 Å². The maximum Gasteiger partial charge on any atom is 0.294 e. The van der Waals surface area contributed by atoms with E-state index in [-0.39, 0.29) is 13.2 Å². The first-order valence-electron chi connectivity index (χ1n) is 4.42. The molecule has 15 heavy (non-hydrogen) atoms. The zero-order chi connectivity index (χ0) is 11.1. The summed E-state index contributed by atoms with van der Waals surface area (Å²) in [6.45, 7) is 0.399. The van der Waals surface area contributed by atoms with Crippen molar-refractivity contribution in [1.29, 1.82) is 0 Å². The van der Waals surface area contributed by atoms with Crippen molar-refractivity contribution >= 4 is 0 Å². The minimum absolute atomic E-state index is 0.0914. The summed E-state index contributed by atoms with van der Waals surface area (Å²) in [7, 11) is 0. The molecule has 0 bridgehead atoms. The van der Waals surface area contributed by atoms with E-state index in [0.717, 1.165) is 5.56 Å². The molecule has 0 aliphatic heterocycles. The number of hydrogen-bond donors (Lipinski definition) is 1. The molecule has 2 N–H and O–H groups in total. The second-order valence-corrected chi connectivity index (χ2v) is 2.72. The summed E-state index contributed by atoms with van der Waals surface area (Å²) in [5.41, 5.74) is 6.34. The molecule has 1 aromatic carbocycles. The molecule has 0 aromatic heterocycles. The summed E-state index contributed by atoms with van der Waals surface area (Å²) in [6, 6.07) is 7.25. The zero-order valence-corrected chi connectivity index (χ0v) is 8.09. The van der Waals surface area contributed by atoms with Crippen LogP contribution in [0, 0.1) is 10.1 Å². The largest absolute Gasteiger partial charge is 0.491 e. The van der Waals surface area contributed by atoms with E-state index >= 15 is 0 Å². The number of benzene rings is 1. The molecule has 0 heterocycles. The topological polar surface area (TPSA) is 87.6 Å². The molecule has 0 amide bonds. The quantitative estimate of drug-likeness (QED) is 0.426. The van der Waals surface area contributed by atoms with Crippen LogP contribution in [-0.4, -0.2) is 18.3 Å². The Kier molecular flexibility index (Phi) is 4.36. The van der Waals surface area contributed by atoms with Crippen molar-refractivity contribution < 1.29 is 14.7 Å². The summed E-state index contributed by atoms with van der Waals surface area (Å²) in [5.74, 6) is 0.631. The monoisotopic (exact) mass is 212 g/mol. The first kappa shape index (κ1) is 11.3. The predicted octanol–water partition coefficient (Wildman–Crippen LogP) is 0.732. The van der Waals surface area contributed by atoms with Crippen LogP contribution in [0.3, 0.4) is 0 Å². The van der Waals surface area contributed by atoms with Crippen molar-refractivity contribution in [3.63, 3.8) is 0 Å². The van der Waals surface area contributed by atoms with Gasteiger partial charge in [0.2, 0.25) is 0 Å². The number of nitrogens with two attached hydrogens (primary N) is 1. The van der Waals surface area contributed by atoms with Crippen molar-refractivity contribution in [2.45, 2.75) is 6.54 Å². The first-order valence-corrected chi connectivity index (χ1v) is 4.42. The van der Waals surface area contributed by atoms with Crippen molar-refractivity contribution in [2.24, 2.45) is 5.73 Å². The molecular formula is C9H12N2O4. The first-order chi connectivity index (χ1) is 7.24. The molecule has 0 fully saturated rings. The average molecular weight is 212 g/mol. The van der Waals surface area contributed by atoms with Crippen LogP contribution >= 0.6 is 0 Å². The Balaban J connectivity index is 2.39. The van der Waals surface area contributed by atoms with E-state index in [9.17, 15) is 10.1 Å². The molecule has 0 aliphatic carbocycles. The Bertz CT molecular complexity index is 330. The van der Waals surface area contributed by atoms with Crippen molar-refractivity contribution in [3.8, 4) is 5.75 Å². The summed E-state index contributed by atoms with van der Waals surface area (Å²) in [6.07, 6.45) is 0. The molecule has 0 radical (unpaired) electrons. The highest BCUT2D eigenvalue weighted by atomic mass is 17.0. The second kappa shape index (κ2) is 5.82. The summed E-state index contributed by atoms with van der Waals surface area (Å²) >= 11 is 0. The lowest BCUT2D eigenvalue weighted by Gasteiger charge is -2.08. The van der Waals surface area contributed by atoms with Gasteiger partial charge in [-0.2, -0.15) is 0 Å². The molecule has 1 rings (SSSR count). The Morgan fingerprint density at radius 1 is 1.33 bits per heavy atom. The van der Waals surface area contributed by atoms with E-state index in [1.807, 2.05) is 18.2 Å². The van der Waals surface area contributed by atoms with Gasteiger partial charge in [0.15, 0.2) is 0 Å². The zero-order valence-electron chi connectivity index (χ0n) is 8.09. The van der Waals surface area contributed by atoms with Crippen LogP contribution in [0.2, 0.25) is 0 Å². The third kappa shape index (κ3) is 3.82. The van der Waals surface area contributed by atoms with Gasteiger partial charge in [-0.3, -0.25) is 0 Å². The molecule has 6 nitrogen and oxygen atoms in total. The second-order valence-electron chi connectivity index (χ2n) is 2.72. The van der Waals surface area contributed by atoms with Crippen molar-refractivity contribution in [3.05, 3.63) is 39.9 Å². The van der Waals surface area contributed by atoms with Crippen LogP contribution in [0.15, 0.2) is 24.3 Å². The van der Waals surface area contributed by atoms with E-state index < -0.39 is 5.09 Å². The Morgan fingerprint density at radius 3 is 2.73 bits per heavy atom. The lowest BCUT2D eigenvalue weighted by Crippen LogP contribution is -2.11. The normalized spacial score (nSPS) is 9.67.